The monoisotopic (exact) mass is 782 g/mol. The molecule has 4 aromatic rings. The molecular weight excluding hydrogens is 745 g/mol. The molecule has 0 spiro atoms. The topological polar surface area (TPSA) is 186 Å². The predicted octanol–water partition coefficient (Wildman–Crippen LogP) is 5.01. The number of carbonyl (C=O) groups excluding carboxylic acids is 4. The zero-order chi connectivity index (χ0) is 39.6. The Bertz CT molecular complexity index is 1970. The summed E-state index contributed by atoms with van der Waals surface area (Å²) in [7, 11) is 1.14. The fourth-order valence-electron chi connectivity index (χ4n) is 5.38. The predicted molar refractivity (Wildman–Crippen MR) is 196 cm³/mol. The van der Waals surface area contributed by atoms with Crippen molar-refractivity contribution in [1.29, 1.82) is 0 Å². The smallest absolute Gasteiger partial charge is 0.422 e. The first kappa shape index (κ1) is 40.2. The lowest BCUT2D eigenvalue weighted by atomic mass is 10.0. The molecule has 0 radical (unpaired) electrons. The van der Waals surface area contributed by atoms with E-state index in [1.807, 2.05) is 49.4 Å². The molecule has 55 heavy (non-hydrogen) atoms. The van der Waals surface area contributed by atoms with Crippen molar-refractivity contribution in [2.24, 2.45) is 0 Å². The fraction of sp³-hybridized carbons (Fsp3) is 0.324. The molecule has 1 unspecified atom stereocenters. The van der Waals surface area contributed by atoms with Gasteiger partial charge in [0.1, 0.15) is 6.04 Å². The van der Waals surface area contributed by atoms with E-state index in [4.69, 9.17) is 21.1 Å². The highest BCUT2D eigenvalue weighted by Gasteiger charge is 2.45. The van der Waals surface area contributed by atoms with E-state index < -0.39 is 54.1 Å². The zero-order valence-electron chi connectivity index (χ0n) is 29.7. The van der Waals surface area contributed by atoms with Gasteiger partial charge in [-0.1, -0.05) is 61.0 Å². The Balaban J connectivity index is 1.18. The summed E-state index contributed by atoms with van der Waals surface area (Å²) < 4.78 is 48.5. The third kappa shape index (κ3) is 11.8. The highest BCUT2D eigenvalue weighted by atomic mass is 35.5. The second kappa shape index (κ2) is 17.9. The molecule has 0 bridgehead atoms. The van der Waals surface area contributed by atoms with Gasteiger partial charge in [-0.05, 0) is 72.7 Å². The molecule has 0 aliphatic heterocycles. The normalized spacial score (nSPS) is 14.1. The second-order valence-corrected chi connectivity index (χ2v) is 13.1. The maximum absolute atomic E-state index is 13.1. The van der Waals surface area contributed by atoms with Gasteiger partial charge in [0.15, 0.2) is 6.61 Å². The van der Waals surface area contributed by atoms with Gasteiger partial charge in [-0.2, -0.15) is 28.1 Å². The third-order valence-corrected chi connectivity index (χ3v) is 8.79. The quantitative estimate of drug-likeness (QED) is 0.0761. The molecule has 1 aromatic heterocycles. The lowest BCUT2D eigenvalue weighted by Gasteiger charge is -2.19. The van der Waals surface area contributed by atoms with Gasteiger partial charge in [0, 0.05) is 29.4 Å². The van der Waals surface area contributed by atoms with Gasteiger partial charge in [-0.25, -0.2) is 4.79 Å². The minimum Gasteiger partial charge on any atom is -0.467 e. The van der Waals surface area contributed by atoms with E-state index >= 15 is 0 Å². The largest absolute Gasteiger partial charge is 0.467 e. The third-order valence-electron chi connectivity index (χ3n) is 8.53. The van der Waals surface area contributed by atoms with Crippen LogP contribution in [0.3, 0.4) is 0 Å². The van der Waals surface area contributed by atoms with Crippen molar-refractivity contribution in [2.45, 2.75) is 49.9 Å². The van der Waals surface area contributed by atoms with E-state index in [-0.39, 0.29) is 42.9 Å². The Kier molecular flexibility index (Phi) is 13.1. The van der Waals surface area contributed by atoms with Crippen molar-refractivity contribution in [3.63, 3.8) is 0 Å². The molecule has 2 atom stereocenters. The van der Waals surface area contributed by atoms with Crippen molar-refractivity contribution < 1.29 is 41.8 Å². The number of nitrogens with one attached hydrogen (secondary N) is 5. The molecule has 5 N–H and O–H groups in total. The Hall–Kier alpha value is -5.97. The van der Waals surface area contributed by atoms with Gasteiger partial charge in [0.25, 0.3) is 5.91 Å². The molecule has 1 saturated carbocycles. The number of benzene rings is 3. The molecule has 1 heterocycles. The maximum atomic E-state index is 13.1. The van der Waals surface area contributed by atoms with Crippen LogP contribution in [0, 0.1) is 0 Å². The van der Waals surface area contributed by atoms with Crippen LogP contribution in [0.4, 0.5) is 30.8 Å². The van der Waals surface area contributed by atoms with Crippen LogP contribution >= 0.6 is 11.6 Å². The summed E-state index contributed by atoms with van der Waals surface area (Å²) in [6.07, 6.45) is -3.29. The van der Waals surface area contributed by atoms with Crippen molar-refractivity contribution in [3.8, 4) is 6.01 Å². The molecule has 290 valence electrons. The highest BCUT2D eigenvalue weighted by Crippen LogP contribution is 2.48. The first-order valence-electron chi connectivity index (χ1n) is 17.1. The molecule has 3 amide bonds. The average Bonchev–Trinajstić information content (AvgIpc) is 3.95. The van der Waals surface area contributed by atoms with E-state index in [1.165, 1.54) is 24.3 Å². The number of halogens is 4. The fourth-order valence-corrected chi connectivity index (χ4v) is 5.50. The number of carbonyl (C=O) groups is 4. The number of methoxy groups -OCH3 is 1. The number of ether oxygens (including phenoxy) is 2. The Morgan fingerprint density at radius 1 is 0.873 bits per heavy atom. The summed E-state index contributed by atoms with van der Waals surface area (Å²) in [6.45, 7) is 0.406. The summed E-state index contributed by atoms with van der Waals surface area (Å²) in [6, 6.07) is 20.7. The molecule has 1 fully saturated rings. The molecule has 14 nitrogen and oxygen atoms in total. The van der Waals surface area contributed by atoms with E-state index in [0.717, 1.165) is 18.2 Å². The number of alkyl halides is 3. The zero-order valence-corrected chi connectivity index (χ0v) is 30.5. The highest BCUT2D eigenvalue weighted by molar-refractivity contribution is 6.35. The molecule has 18 heteroatoms. The van der Waals surface area contributed by atoms with Crippen LogP contribution in [0.15, 0.2) is 78.9 Å². The second-order valence-electron chi connectivity index (χ2n) is 12.7. The van der Waals surface area contributed by atoms with Gasteiger partial charge in [0.2, 0.25) is 11.9 Å². The van der Waals surface area contributed by atoms with Gasteiger partial charge < -0.3 is 36.1 Å². The molecule has 1 aliphatic rings. The number of esters is 1. The molecular formula is C37H38ClF3N8O6. The number of amides is 3. The Morgan fingerprint density at radius 2 is 1.53 bits per heavy atom. The summed E-state index contributed by atoms with van der Waals surface area (Å²) in [5, 5.41) is 14.2. The van der Waals surface area contributed by atoms with Crippen LogP contribution in [-0.4, -0.2) is 77.7 Å². The van der Waals surface area contributed by atoms with E-state index in [1.54, 1.807) is 12.1 Å². The van der Waals surface area contributed by atoms with Crippen molar-refractivity contribution in [1.82, 2.24) is 30.9 Å². The lowest BCUT2D eigenvalue weighted by molar-refractivity contribution is -0.154. The summed E-state index contributed by atoms with van der Waals surface area (Å²) in [5.74, 6) is -3.34. The first-order valence-corrected chi connectivity index (χ1v) is 17.5. The van der Waals surface area contributed by atoms with Gasteiger partial charge in [0.05, 0.1) is 12.6 Å². The minimum atomic E-state index is -4.63. The number of aromatic nitrogens is 3. The van der Waals surface area contributed by atoms with Crippen LogP contribution in [0.5, 0.6) is 6.01 Å². The SMILES string of the molecule is COC(=O)[C@H](CCNC(=O)C(=O)NCC(C)c1ccccc1)NC(=O)c1ccc(Nc2nc(NC3(c4ccc(Cl)cc4)CC3)nc(OCC(F)(F)F)n2)cc1. The van der Waals surface area contributed by atoms with Crippen molar-refractivity contribution >= 4 is 52.9 Å². The van der Waals surface area contributed by atoms with Gasteiger partial charge in [-0.3, -0.25) is 14.4 Å². The Labute approximate surface area is 319 Å². The average molecular weight is 783 g/mol. The molecule has 3 aromatic carbocycles. The number of hydrogen-bond donors (Lipinski definition) is 5. The van der Waals surface area contributed by atoms with E-state index in [9.17, 15) is 32.3 Å². The van der Waals surface area contributed by atoms with Crippen molar-refractivity contribution in [3.05, 3.63) is 101 Å². The van der Waals surface area contributed by atoms with Crippen LogP contribution in [0.2, 0.25) is 5.02 Å². The van der Waals surface area contributed by atoms with Gasteiger partial charge >= 0.3 is 30.0 Å². The van der Waals surface area contributed by atoms with Crippen LogP contribution < -0.4 is 31.3 Å². The standard InChI is InChI=1S/C37H38ClF3N8O6/c1-22(23-6-4-3-5-7-23)20-43-31(52)30(51)42-19-16-28(32(53)54-2)45-29(50)24-8-14-27(15-9-24)44-33-46-34(48-35(47-33)55-21-37(39,40)41)49-36(17-18-36)25-10-12-26(38)13-11-25/h3-15,22,28H,16-21H2,1-2H3,(H,42,51)(H,43,52)(H,45,50)(H2,44,46,47,48,49)/t22?,28-/m0/s1. The number of hydrogen-bond acceptors (Lipinski definition) is 11. The van der Waals surface area contributed by atoms with Gasteiger partial charge in [-0.15, -0.1) is 0 Å². The van der Waals surface area contributed by atoms with E-state index in [0.29, 0.717) is 23.6 Å². The first-order chi connectivity index (χ1) is 26.2. The number of nitrogens with zero attached hydrogens (tertiary/aromatic N) is 3. The summed E-state index contributed by atoms with van der Waals surface area (Å²) in [5.41, 5.74) is 1.84. The lowest BCUT2D eigenvalue weighted by Crippen LogP contribution is -2.46. The van der Waals surface area contributed by atoms with Crippen LogP contribution in [0.25, 0.3) is 0 Å². The van der Waals surface area contributed by atoms with Crippen LogP contribution in [0.1, 0.15) is 53.6 Å². The minimum absolute atomic E-state index is 0.0264. The maximum Gasteiger partial charge on any atom is 0.422 e. The van der Waals surface area contributed by atoms with Crippen molar-refractivity contribution in [2.75, 3.05) is 37.4 Å². The van der Waals surface area contributed by atoms with E-state index in [2.05, 4.69) is 41.5 Å². The Morgan fingerprint density at radius 3 is 2.16 bits per heavy atom. The summed E-state index contributed by atoms with van der Waals surface area (Å²) in [4.78, 5) is 62.6. The molecule has 0 saturated heterocycles. The molecule has 1 aliphatic carbocycles. The number of anilines is 3. The number of rotatable bonds is 16. The summed E-state index contributed by atoms with van der Waals surface area (Å²) >= 11 is 6.03. The van der Waals surface area contributed by atoms with Crippen LogP contribution in [-0.2, 0) is 24.7 Å². The molecule has 5 rings (SSSR count).